The molecule has 5 nitrogen and oxygen atoms in total. The number of carbonyl (C=O) groups is 2. The van der Waals surface area contributed by atoms with Crippen LogP contribution in [0.25, 0.3) is 0 Å². The molecule has 0 radical (unpaired) electrons. The fraction of sp³-hybridized carbons (Fsp3) is 0.250. The lowest BCUT2D eigenvalue weighted by atomic mass is 9.88. The average molecular weight is 473 g/mol. The highest BCUT2D eigenvalue weighted by Gasteiger charge is 2.29. The number of amides is 2. The first-order valence-corrected chi connectivity index (χ1v) is 11.4. The SMILES string of the molecule is COc1ccc(Cl)cc1NC(=O)c1c(NC(=O)c2ccccc2F)sc2c1CC[C@@H](C)C2. The standard InChI is InChI=1S/C24H22ClFN2O3S/c1-13-7-9-16-20(11-13)32-24(28-22(29)15-5-3-4-6-17(15)26)21(16)23(30)27-18-12-14(25)8-10-19(18)31-2/h3-6,8,10,12-13H,7,9,11H2,1-2H3,(H,27,30)(H,28,29)/t13-/m1/s1. The normalized spacial score (nSPS) is 15.1. The van der Waals surface area contributed by atoms with Gasteiger partial charge in [-0.25, -0.2) is 4.39 Å². The van der Waals surface area contributed by atoms with Crippen LogP contribution >= 0.6 is 22.9 Å². The molecule has 1 atom stereocenters. The van der Waals surface area contributed by atoms with Crippen LogP contribution < -0.4 is 15.4 Å². The van der Waals surface area contributed by atoms with E-state index in [-0.39, 0.29) is 11.5 Å². The molecular weight excluding hydrogens is 451 g/mol. The van der Waals surface area contributed by atoms with Crippen LogP contribution in [0.1, 0.15) is 44.5 Å². The van der Waals surface area contributed by atoms with Gasteiger partial charge in [0.2, 0.25) is 0 Å². The first-order valence-electron chi connectivity index (χ1n) is 10.2. The van der Waals surface area contributed by atoms with E-state index in [0.29, 0.717) is 32.9 Å². The summed E-state index contributed by atoms with van der Waals surface area (Å²) >= 11 is 7.47. The fourth-order valence-corrected chi connectivity index (χ4v) is 5.43. The Kier molecular flexibility index (Phi) is 6.48. The highest BCUT2D eigenvalue weighted by Crippen LogP contribution is 2.40. The van der Waals surface area contributed by atoms with Crippen molar-refractivity contribution in [3.63, 3.8) is 0 Å². The fourth-order valence-electron chi connectivity index (χ4n) is 3.86. The predicted octanol–water partition coefficient (Wildman–Crippen LogP) is 6.18. The minimum absolute atomic E-state index is 0.0740. The summed E-state index contributed by atoms with van der Waals surface area (Å²) in [4.78, 5) is 27.2. The number of anilines is 2. The summed E-state index contributed by atoms with van der Waals surface area (Å²) in [5.74, 6) is -0.627. The summed E-state index contributed by atoms with van der Waals surface area (Å²) in [6.45, 7) is 2.16. The van der Waals surface area contributed by atoms with Crippen molar-refractivity contribution in [2.24, 2.45) is 5.92 Å². The molecule has 2 aromatic carbocycles. The van der Waals surface area contributed by atoms with Crippen LogP contribution in [0.2, 0.25) is 5.02 Å². The zero-order valence-electron chi connectivity index (χ0n) is 17.6. The summed E-state index contributed by atoms with van der Waals surface area (Å²) in [7, 11) is 1.51. The molecule has 4 rings (SSSR count). The highest BCUT2D eigenvalue weighted by atomic mass is 35.5. The van der Waals surface area contributed by atoms with Gasteiger partial charge in [0.05, 0.1) is 23.9 Å². The van der Waals surface area contributed by atoms with Gasteiger partial charge in [-0.3, -0.25) is 9.59 Å². The van der Waals surface area contributed by atoms with Gasteiger partial charge < -0.3 is 15.4 Å². The second-order valence-electron chi connectivity index (χ2n) is 7.79. The Morgan fingerprint density at radius 1 is 1.16 bits per heavy atom. The van der Waals surface area contributed by atoms with Crippen molar-refractivity contribution in [2.45, 2.75) is 26.2 Å². The average Bonchev–Trinajstić information content (AvgIpc) is 3.11. The molecule has 0 spiro atoms. The third kappa shape index (κ3) is 4.49. The Hall–Kier alpha value is -2.90. The van der Waals surface area contributed by atoms with Gasteiger partial charge in [0.1, 0.15) is 16.6 Å². The quantitative estimate of drug-likeness (QED) is 0.466. The Bertz CT molecular complexity index is 1190. The van der Waals surface area contributed by atoms with Crippen molar-refractivity contribution >= 4 is 45.4 Å². The summed E-state index contributed by atoms with van der Waals surface area (Å²) < 4.78 is 19.5. The number of halogens is 2. The Morgan fingerprint density at radius 2 is 1.94 bits per heavy atom. The molecule has 32 heavy (non-hydrogen) atoms. The second-order valence-corrected chi connectivity index (χ2v) is 9.33. The molecule has 0 saturated carbocycles. The van der Waals surface area contributed by atoms with Gasteiger partial charge >= 0.3 is 0 Å². The highest BCUT2D eigenvalue weighted by molar-refractivity contribution is 7.17. The molecule has 0 bridgehead atoms. The van der Waals surface area contributed by atoms with E-state index in [9.17, 15) is 14.0 Å². The van der Waals surface area contributed by atoms with Gasteiger partial charge in [0.15, 0.2) is 0 Å². The molecule has 166 valence electrons. The van der Waals surface area contributed by atoms with Gasteiger partial charge in [-0.05, 0) is 61.1 Å². The molecular formula is C24H22ClFN2O3S. The maximum absolute atomic E-state index is 14.1. The first-order chi connectivity index (χ1) is 15.4. The van der Waals surface area contributed by atoms with Crippen LogP contribution in [0.15, 0.2) is 42.5 Å². The van der Waals surface area contributed by atoms with Crippen molar-refractivity contribution in [1.82, 2.24) is 0 Å². The van der Waals surface area contributed by atoms with E-state index < -0.39 is 11.7 Å². The molecule has 1 heterocycles. The van der Waals surface area contributed by atoms with Gasteiger partial charge in [0.25, 0.3) is 11.8 Å². The maximum Gasteiger partial charge on any atom is 0.259 e. The van der Waals surface area contributed by atoms with Gasteiger partial charge in [0, 0.05) is 9.90 Å². The van der Waals surface area contributed by atoms with E-state index in [0.717, 1.165) is 29.7 Å². The minimum atomic E-state index is -0.616. The summed E-state index contributed by atoms with van der Waals surface area (Å²) in [6, 6.07) is 10.7. The van der Waals surface area contributed by atoms with Crippen LogP contribution in [-0.2, 0) is 12.8 Å². The largest absolute Gasteiger partial charge is 0.495 e. The topological polar surface area (TPSA) is 67.4 Å². The van der Waals surface area contributed by atoms with Crippen molar-refractivity contribution in [3.05, 3.63) is 74.9 Å². The van der Waals surface area contributed by atoms with Crippen LogP contribution in [0.4, 0.5) is 15.1 Å². The second kappa shape index (κ2) is 9.30. The number of carbonyl (C=O) groups excluding carboxylic acids is 2. The number of thiophene rings is 1. The van der Waals surface area contributed by atoms with E-state index in [1.807, 2.05) is 0 Å². The number of methoxy groups -OCH3 is 1. The molecule has 1 aromatic heterocycles. The van der Waals surface area contributed by atoms with Crippen molar-refractivity contribution in [2.75, 3.05) is 17.7 Å². The zero-order chi connectivity index (χ0) is 22.8. The lowest BCUT2D eigenvalue weighted by Gasteiger charge is -2.19. The van der Waals surface area contributed by atoms with Gasteiger partial charge in [-0.2, -0.15) is 0 Å². The summed E-state index contributed by atoms with van der Waals surface area (Å²) in [5.41, 5.74) is 1.69. The Balaban J connectivity index is 1.71. The third-order valence-corrected chi connectivity index (χ3v) is 6.90. The van der Waals surface area contributed by atoms with Gasteiger partial charge in [-0.15, -0.1) is 11.3 Å². The molecule has 0 fully saturated rings. The molecule has 1 aliphatic carbocycles. The molecule has 0 unspecified atom stereocenters. The van der Waals surface area contributed by atoms with E-state index in [4.69, 9.17) is 16.3 Å². The van der Waals surface area contributed by atoms with Gasteiger partial charge in [-0.1, -0.05) is 30.7 Å². The van der Waals surface area contributed by atoms with Crippen LogP contribution in [-0.4, -0.2) is 18.9 Å². The third-order valence-electron chi connectivity index (χ3n) is 5.49. The number of rotatable bonds is 5. The predicted molar refractivity (Wildman–Crippen MR) is 126 cm³/mol. The first kappa shape index (κ1) is 22.3. The van der Waals surface area contributed by atoms with E-state index >= 15 is 0 Å². The molecule has 8 heteroatoms. The number of hydrogen-bond acceptors (Lipinski definition) is 4. The number of nitrogens with one attached hydrogen (secondary N) is 2. The van der Waals surface area contributed by atoms with E-state index in [2.05, 4.69) is 17.6 Å². The summed E-state index contributed by atoms with van der Waals surface area (Å²) in [6.07, 6.45) is 2.51. The van der Waals surface area contributed by atoms with Crippen LogP contribution in [0.5, 0.6) is 5.75 Å². The lowest BCUT2D eigenvalue weighted by molar-refractivity contribution is 0.102. The Labute approximate surface area is 194 Å². The van der Waals surface area contributed by atoms with Crippen molar-refractivity contribution in [3.8, 4) is 5.75 Å². The number of ether oxygens (including phenoxy) is 1. The molecule has 3 aromatic rings. The maximum atomic E-state index is 14.1. The molecule has 2 amide bonds. The molecule has 0 saturated heterocycles. The van der Waals surface area contributed by atoms with Crippen LogP contribution in [0, 0.1) is 11.7 Å². The molecule has 2 N–H and O–H groups in total. The van der Waals surface area contributed by atoms with Crippen molar-refractivity contribution in [1.29, 1.82) is 0 Å². The van der Waals surface area contributed by atoms with E-state index in [1.165, 1.54) is 36.6 Å². The van der Waals surface area contributed by atoms with Crippen LogP contribution in [0.3, 0.4) is 0 Å². The molecule has 1 aliphatic rings. The number of benzene rings is 2. The smallest absolute Gasteiger partial charge is 0.259 e. The zero-order valence-corrected chi connectivity index (χ0v) is 19.2. The minimum Gasteiger partial charge on any atom is -0.495 e. The molecule has 0 aliphatic heterocycles. The van der Waals surface area contributed by atoms with E-state index in [1.54, 1.807) is 24.3 Å². The number of hydrogen-bond donors (Lipinski definition) is 2. The lowest BCUT2D eigenvalue weighted by Crippen LogP contribution is -2.20. The van der Waals surface area contributed by atoms with Crippen molar-refractivity contribution < 1.29 is 18.7 Å². The Morgan fingerprint density at radius 3 is 2.69 bits per heavy atom. The summed E-state index contributed by atoms with van der Waals surface area (Å²) in [5, 5.41) is 6.50. The number of fused-ring (bicyclic) bond motifs is 1. The monoisotopic (exact) mass is 472 g/mol.